The van der Waals surface area contributed by atoms with Gasteiger partial charge in [0.05, 0.1) is 16.6 Å². The topological polar surface area (TPSA) is 76.2 Å². The summed E-state index contributed by atoms with van der Waals surface area (Å²) < 4.78 is 5.42. The average molecular weight is 275 g/mol. The number of benzene rings is 2. The molecule has 0 heterocycles. The molecule has 2 rings (SSSR count). The number of rotatable bonds is 3. The summed E-state index contributed by atoms with van der Waals surface area (Å²) in [5, 5.41) is 20.2. The number of nitrogens with zero attached hydrogens (tertiary/aromatic N) is 2. The number of nitro benzene ring substituents is 1. The van der Waals surface area contributed by atoms with E-state index in [0.29, 0.717) is 10.8 Å². The van der Waals surface area contributed by atoms with Crippen molar-refractivity contribution in [2.45, 2.75) is 0 Å². The Balaban J connectivity index is 2.40. The van der Waals surface area contributed by atoms with Gasteiger partial charge in [0.25, 0.3) is 0 Å². The summed E-state index contributed by atoms with van der Waals surface area (Å²) in [6, 6.07) is 12.2. The van der Waals surface area contributed by atoms with Gasteiger partial charge in [-0.1, -0.05) is 11.6 Å². The summed E-state index contributed by atoms with van der Waals surface area (Å²) in [6.45, 7) is 0. The molecule has 19 heavy (non-hydrogen) atoms. The van der Waals surface area contributed by atoms with Gasteiger partial charge in [-0.05, 0) is 30.3 Å². The number of hydrogen-bond acceptors (Lipinski definition) is 4. The number of hydrogen-bond donors (Lipinski definition) is 0. The molecule has 0 saturated heterocycles. The zero-order valence-corrected chi connectivity index (χ0v) is 10.3. The van der Waals surface area contributed by atoms with E-state index in [9.17, 15) is 10.1 Å². The summed E-state index contributed by atoms with van der Waals surface area (Å²) in [5.41, 5.74) is 0.0866. The standard InChI is InChI=1S/C13H7ClN2O3/c14-10-2-4-11(5-3-10)19-13-7-9(8-15)1-6-12(13)16(17)18/h1-7H. The van der Waals surface area contributed by atoms with Gasteiger partial charge in [0.15, 0.2) is 0 Å². The molecule has 0 aromatic heterocycles. The fourth-order valence-corrected chi connectivity index (χ4v) is 1.57. The summed E-state index contributed by atoms with van der Waals surface area (Å²) in [4.78, 5) is 10.3. The summed E-state index contributed by atoms with van der Waals surface area (Å²) in [5.74, 6) is 0.425. The van der Waals surface area contributed by atoms with Crippen molar-refractivity contribution in [3.05, 3.63) is 63.2 Å². The van der Waals surface area contributed by atoms with E-state index < -0.39 is 4.92 Å². The fourth-order valence-electron chi connectivity index (χ4n) is 1.45. The highest BCUT2D eigenvalue weighted by Crippen LogP contribution is 2.32. The predicted octanol–water partition coefficient (Wildman–Crippen LogP) is 3.91. The molecule has 2 aromatic rings. The normalized spacial score (nSPS) is 9.68. The van der Waals surface area contributed by atoms with Gasteiger partial charge >= 0.3 is 5.69 Å². The number of nitriles is 1. The van der Waals surface area contributed by atoms with Gasteiger partial charge in [-0.2, -0.15) is 5.26 Å². The molecule has 0 unspecified atom stereocenters. The Kier molecular flexibility index (Phi) is 3.64. The van der Waals surface area contributed by atoms with Gasteiger partial charge in [0.1, 0.15) is 5.75 Å². The van der Waals surface area contributed by atoms with Crippen LogP contribution < -0.4 is 4.74 Å². The van der Waals surface area contributed by atoms with Crippen LogP contribution in [0.2, 0.25) is 5.02 Å². The molecule has 0 N–H and O–H groups in total. The van der Waals surface area contributed by atoms with Gasteiger partial charge in [-0.25, -0.2) is 0 Å². The predicted molar refractivity (Wildman–Crippen MR) is 69.3 cm³/mol. The lowest BCUT2D eigenvalue weighted by Crippen LogP contribution is -1.94. The average Bonchev–Trinajstić information content (AvgIpc) is 2.41. The summed E-state index contributed by atoms with van der Waals surface area (Å²) in [7, 11) is 0. The monoisotopic (exact) mass is 274 g/mol. The Labute approximate surface area is 113 Å². The number of ether oxygens (including phenoxy) is 1. The maximum atomic E-state index is 10.9. The molecule has 0 saturated carbocycles. The molecule has 0 aliphatic carbocycles. The minimum Gasteiger partial charge on any atom is -0.450 e. The van der Waals surface area contributed by atoms with Crippen LogP contribution in [-0.2, 0) is 0 Å². The van der Waals surface area contributed by atoms with Crippen molar-refractivity contribution in [2.75, 3.05) is 0 Å². The SMILES string of the molecule is N#Cc1ccc([N+](=O)[O-])c(Oc2ccc(Cl)cc2)c1. The molecule has 0 aliphatic heterocycles. The van der Waals surface area contributed by atoms with Crippen LogP contribution in [0.4, 0.5) is 5.69 Å². The maximum absolute atomic E-state index is 10.9. The first-order valence-corrected chi connectivity index (χ1v) is 5.60. The molecule has 0 fully saturated rings. The quantitative estimate of drug-likeness (QED) is 0.628. The van der Waals surface area contributed by atoms with Crippen molar-refractivity contribution in [2.24, 2.45) is 0 Å². The Morgan fingerprint density at radius 3 is 2.47 bits per heavy atom. The lowest BCUT2D eigenvalue weighted by Gasteiger charge is -2.06. The van der Waals surface area contributed by atoms with Gasteiger partial charge in [0.2, 0.25) is 5.75 Å². The molecule has 0 radical (unpaired) electrons. The summed E-state index contributed by atoms with van der Waals surface area (Å²) >= 11 is 5.74. The minimum absolute atomic E-state index is 0.0198. The lowest BCUT2D eigenvalue weighted by molar-refractivity contribution is -0.385. The second-order valence-electron chi connectivity index (χ2n) is 3.61. The first kappa shape index (κ1) is 12.9. The summed E-state index contributed by atoms with van der Waals surface area (Å²) in [6.07, 6.45) is 0. The van der Waals surface area contributed by atoms with Crippen molar-refractivity contribution in [3.63, 3.8) is 0 Å². The first-order valence-electron chi connectivity index (χ1n) is 5.22. The van der Waals surface area contributed by atoms with E-state index in [1.54, 1.807) is 24.3 Å². The molecule has 6 heteroatoms. The van der Waals surface area contributed by atoms with Crippen LogP contribution in [0.25, 0.3) is 0 Å². The van der Waals surface area contributed by atoms with Crippen LogP contribution in [0.3, 0.4) is 0 Å². The fraction of sp³-hybridized carbons (Fsp3) is 0. The van der Waals surface area contributed by atoms with Crippen LogP contribution in [-0.4, -0.2) is 4.92 Å². The van der Waals surface area contributed by atoms with E-state index in [0.717, 1.165) is 0 Å². The van der Waals surface area contributed by atoms with E-state index in [4.69, 9.17) is 21.6 Å². The third-order valence-corrected chi connectivity index (χ3v) is 2.58. The van der Waals surface area contributed by atoms with Crippen LogP contribution in [0.1, 0.15) is 5.56 Å². The molecule has 0 aliphatic rings. The first-order chi connectivity index (χ1) is 9.10. The highest BCUT2D eigenvalue weighted by Gasteiger charge is 2.16. The van der Waals surface area contributed by atoms with E-state index >= 15 is 0 Å². The molecule has 2 aromatic carbocycles. The van der Waals surface area contributed by atoms with Crippen molar-refractivity contribution < 1.29 is 9.66 Å². The molecule has 5 nitrogen and oxygen atoms in total. The van der Waals surface area contributed by atoms with E-state index in [1.807, 2.05) is 6.07 Å². The third kappa shape index (κ3) is 3.00. The third-order valence-electron chi connectivity index (χ3n) is 2.33. The van der Waals surface area contributed by atoms with E-state index in [-0.39, 0.29) is 17.0 Å². The van der Waals surface area contributed by atoms with Gasteiger partial charge in [-0.15, -0.1) is 0 Å². The molecule has 0 spiro atoms. The Bertz CT molecular complexity index is 663. The minimum atomic E-state index is -0.563. The van der Waals surface area contributed by atoms with Crippen LogP contribution in [0.15, 0.2) is 42.5 Å². The number of halogens is 1. The maximum Gasteiger partial charge on any atom is 0.311 e. The second kappa shape index (κ2) is 5.38. The molecule has 94 valence electrons. The lowest BCUT2D eigenvalue weighted by atomic mass is 10.2. The van der Waals surface area contributed by atoms with Crippen LogP contribution >= 0.6 is 11.6 Å². The largest absolute Gasteiger partial charge is 0.450 e. The van der Waals surface area contributed by atoms with E-state index in [2.05, 4.69) is 0 Å². The highest BCUT2D eigenvalue weighted by atomic mass is 35.5. The molecule has 0 bridgehead atoms. The van der Waals surface area contributed by atoms with Crippen molar-refractivity contribution >= 4 is 17.3 Å². The van der Waals surface area contributed by atoms with Gasteiger partial charge in [0, 0.05) is 17.2 Å². The Morgan fingerprint density at radius 2 is 1.89 bits per heavy atom. The van der Waals surface area contributed by atoms with E-state index in [1.165, 1.54) is 18.2 Å². The Hall–Kier alpha value is -2.58. The molecular weight excluding hydrogens is 268 g/mol. The zero-order valence-electron chi connectivity index (χ0n) is 9.54. The Morgan fingerprint density at radius 1 is 1.21 bits per heavy atom. The van der Waals surface area contributed by atoms with Crippen molar-refractivity contribution in [3.8, 4) is 17.6 Å². The molecule has 0 atom stereocenters. The smallest absolute Gasteiger partial charge is 0.311 e. The molecular formula is C13H7ClN2O3. The van der Waals surface area contributed by atoms with Crippen LogP contribution in [0, 0.1) is 21.4 Å². The number of nitro groups is 1. The van der Waals surface area contributed by atoms with Crippen molar-refractivity contribution in [1.29, 1.82) is 5.26 Å². The highest BCUT2D eigenvalue weighted by molar-refractivity contribution is 6.30. The van der Waals surface area contributed by atoms with Gasteiger partial charge in [-0.3, -0.25) is 10.1 Å². The van der Waals surface area contributed by atoms with Gasteiger partial charge < -0.3 is 4.74 Å². The second-order valence-corrected chi connectivity index (χ2v) is 4.04. The zero-order chi connectivity index (χ0) is 13.8. The van der Waals surface area contributed by atoms with Crippen LogP contribution in [0.5, 0.6) is 11.5 Å². The van der Waals surface area contributed by atoms with Crippen molar-refractivity contribution in [1.82, 2.24) is 0 Å². The molecule has 0 amide bonds.